The predicted molar refractivity (Wildman–Crippen MR) is 86.4 cm³/mol. The van der Waals surface area contributed by atoms with Gasteiger partial charge in [0.2, 0.25) is 11.8 Å². The summed E-state index contributed by atoms with van der Waals surface area (Å²) in [6.07, 6.45) is 5.17. The molecule has 0 N–H and O–H groups in total. The van der Waals surface area contributed by atoms with Crippen molar-refractivity contribution in [1.29, 1.82) is 0 Å². The van der Waals surface area contributed by atoms with Crippen molar-refractivity contribution in [3.05, 3.63) is 48.4 Å². The second-order valence-corrected chi connectivity index (χ2v) is 5.42. The molecule has 0 amide bonds. The maximum absolute atomic E-state index is 5.86. The van der Waals surface area contributed by atoms with Crippen LogP contribution in [-0.4, -0.2) is 28.3 Å². The number of hydrogen-bond acceptors (Lipinski definition) is 6. The summed E-state index contributed by atoms with van der Waals surface area (Å²) in [6.45, 7) is 0.450. The Bertz CT molecular complexity index is 795. The van der Waals surface area contributed by atoms with Crippen molar-refractivity contribution in [2.24, 2.45) is 0 Å². The average molecular weight is 313 g/mol. The lowest BCUT2D eigenvalue weighted by atomic mass is 10.2. The Morgan fingerprint density at radius 3 is 2.82 bits per heavy atom. The third-order valence-corrected chi connectivity index (χ3v) is 3.91. The average Bonchev–Trinajstić information content (AvgIpc) is 2.59. The van der Waals surface area contributed by atoms with Gasteiger partial charge in [0.15, 0.2) is 0 Å². The summed E-state index contributed by atoms with van der Waals surface area (Å²) in [4.78, 5) is 13.8. The number of ether oxygens (including phenoxy) is 2. The van der Waals surface area contributed by atoms with E-state index in [0.29, 0.717) is 23.9 Å². The summed E-state index contributed by atoms with van der Waals surface area (Å²) in [5.74, 6) is 0.995. The Hall–Kier alpha value is -2.34. The minimum atomic E-state index is 0.450. The zero-order valence-corrected chi connectivity index (χ0v) is 13.1. The number of hydrogen-bond donors (Lipinski definition) is 0. The highest BCUT2D eigenvalue weighted by atomic mass is 32.2. The highest BCUT2D eigenvalue weighted by molar-refractivity contribution is 7.98. The van der Waals surface area contributed by atoms with E-state index in [1.165, 1.54) is 11.2 Å². The van der Waals surface area contributed by atoms with Gasteiger partial charge in [-0.1, -0.05) is 12.1 Å². The highest BCUT2D eigenvalue weighted by Crippen LogP contribution is 2.27. The molecule has 0 aliphatic rings. The van der Waals surface area contributed by atoms with E-state index >= 15 is 0 Å². The fourth-order valence-electron chi connectivity index (χ4n) is 2.12. The van der Waals surface area contributed by atoms with Crippen LogP contribution in [0.1, 0.15) is 5.56 Å². The van der Waals surface area contributed by atoms with Crippen LogP contribution in [-0.2, 0) is 6.61 Å². The molecule has 22 heavy (non-hydrogen) atoms. The van der Waals surface area contributed by atoms with E-state index in [1.807, 2.05) is 18.2 Å². The first kappa shape index (κ1) is 14.6. The van der Waals surface area contributed by atoms with Crippen molar-refractivity contribution in [2.45, 2.75) is 11.5 Å². The SMILES string of the molecule is COc1nccc2c(OCc3cccc(SC)c3)ncnc12. The van der Waals surface area contributed by atoms with E-state index in [4.69, 9.17) is 9.47 Å². The lowest BCUT2D eigenvalue weighted by Gasteiger charge is -2.09. The van der Waals surface area contributed by atoms with Crippen molar-refractivity contribution in [1.82, 2.24) is 15.0 Å². The number of fused-ring (bicyclic) bond motifs is 1. The molecule has 0 unspecified atom stereocenters. The van der Waals surface area contributed by atoms with Crippen molar-refractivity contribution < 1.29 is 9.47 Å². The second kappa shape index (κ2) is 6.62. The molecule has 3 aromatic rings. The molecule has 3 rings (SSSR count). The molecule has 112 valence electrons. The number of benzene rings is 1. The van der Waals surface area contributed by atoms with Crippen molar-refractivity contribution in [3.63, 3.8) is 0 Å². The van der Waals surface area contributed by atoms with Gasteiger partial charge in [-0.05, 0) is 30.0 Å². The molecule has 0 saturated carbocycles. The minimum Gasteiger partial charge on any atom is -0.479 e. The van der Waals surface area contributed by atoms with Gasteiger partial charge in [-0.2, -0.15) is 0 Å². The van der Waals surface area contributed by atoms with Gasteiger partial charge in [0.25, 0.3) is 0 Å². The first-order chi connectivity index (χ1) is 10.8. The number of pyridine rings is 1. The first-order valence-corrected chi connectivity index (χ1v) is 7.93. The van der Waals surface area contributed by atoms with E-state index < -0.39 is 0 Å². The van der Waals surface area contributed by atoms with Crippen LogP contribution in [0.25, 0.3) is 10.9 Å². The van der Waals surface area contributed by atoms with Crippen LogP contribution in [0.2, 0.25) is 0 Å². The standard InChI is InChI=1S/C16H15N3O2S/c1-20-16-14-13(6-7-17-16)15(19-10-18-14)21-9-11-4-3-5-12(8-11)22-2/h3-8,10H,9H2,1-2H3. The molecule has 0 fully saturated rings. The molecule has 0 bridgehead atoms. The zero-order chi connectivity index (χ0) is 15.4. The Kier molecular flexibility index (Phi) is 4.39. The zero-order valence-electron chi connectivity index (χ0n) is 12.3. The summed E-state index contributed by atoms with van der Waals surface area (Å²) in [6, 6.07) is 10.1. The van der Waals surface area contributed by atoms with Crippen LogP contribution in [0.5, 0.6) is 11.8 Å². The van der Waals surface area contributed by atoms with Crippen molar-refractivity contribution >= 4 is 22.7 Å². The largest absolute Gasteiger partial charge is 0.479 e. The third-order valence-electron chi connectivity index (χ3n) is 3.19. The molecule has 2 aromatic heterocycles. The van der Waals surface area contributed by atoms with Gasteiger partial charge in [-0.3, -0.25) is 0 Å². The molecule has 0 spiro atoms. The Labute approximate surface area is 132 Å². The van der Waals surface area contributed by atoms with Crippen molar-refractivity contribution in [3.8, 4) is 11.8 Å². The Balaban J connectivity index is 1.87. The predicted octanol–water partition coefficient (Wildman–Crippen LogP) is 3.33. The fourth-order valence-corrected chi connectivity index (χ4v) is 2.60. The molecule has 5 nitrogen and oxygen atoms in total. The van der Waals surface area contributed by atoms with Gasteiger partial charge in [-0.25, -0.2) is 15.0 Å². The summed E-state index contributed by atoms with van der Waals surface area (Å²) >= 11 is 1.71. The molecule has 0 atom stereocenters. The number of thioether (sulfide) groups is 1. The van der Waals surface area contributed by atoms with Crippen LogP contribution in [0.15, 0.2) is 47.8 Å². The quantitative estimate of drug-likeness (QED) is 0.673. The molecule has 6 heteroatoms. The number of aromatic nitrogens is 3. The van der Waals surface area contributed by atoms with Gasteiger partial charge >= 0.3 is 0 Å². The van der Waals surface area contributed by atoms with Gasteiger partial charge in [0, 0.05) is 11.1 Å². The number of methoxy groups -OCH3 is 1. The maximum Gasteiger partial charge on any atom is 0.240 e. The third kappa shape index (κ3) is 2.96. The number of nitrogens with zero attached hydrogens (tertiary/aromatic N) is 3. The minimum absolute atomic E-state index is 0.450. The van der Waals surface area contributed by atoms with E-state index in [0.717, 1.165) is 10.9 Å². The summed E-state index contributed by atoms with van der Waals surface area (Å²) in [7, 11) is 1.57. The maximum atomic E-state index is 5.86. The van der Waals surface area contributed by atoms with Gasteiger partial charge in [-0.15, -0.1) is 11.8 Å². The van der Waals surface area contributed by atoms with Crippen LogP contribution < -0.4 is 9.47 Å². The molecule has 1 aromatic carbocycles. The number of rotatable bonds is 5. The highest BCUT2D eigenvalue weighted by Gasteiger charge is 2.10. The molecule has 0 radical (unpaired) electrons. The summed E-state index contributed by atoms with van der Waals surface area (Å²) < 4.78 is 11.1. The van der Waals surface area contributed by atoms with Gasteiger partial charge in [0.05, 0.1) is 12.5 Å². The van der Waals surface area contributed by atoms with Crippen LogP contribution >= 0.6 is 11.8 Å². The van der Waals surface area contributed by atoms with Crippen molar-refractivity contribution in [2.75, 3.05) is 13.4 Å². The molecule has 0 saturated heterocycles. The molecular weight excluding hydrogens is 298 g/mol. The topological polar surface area (TPSA) is 57.1 Å². The van der Waals surface area contributed by atoms with E-state index in [1.54, 1.807) is 25.1 Å². The summed E-state index contributed by atoms with van der Waals surface area (Å²) in [5.41, 5.74) is 1.74. The lowest BCUT2D eigenvalue weighted by Crippen LogP contribution is -2.00. The smallest absolute Gasteiger partial charge is 0.240 e. The molecule has 0 aliphatic carbocycles. The lowest BCUT2D eigenvalue weighted by molar-refractivity contribution is 0.297. The van der Waals surface area contributed by atoms with E-state index in [-0.39, 0.29) is 0 Å². The van der Waals surface area contributed by atoms with Crippen LogP contribution in [0.3, 0.4) is 0 Å². The fraction of sp³-hybridized carbons (Fsp3) is 0.188. The molecule has 0 aliphatic heterocycles. The monoisotopic (exact) mass is 313 g/mol. The van der Waals surface area contributed by atoms with E-state index in [2.05, 4.69) is 33.3 Å². The second-order valence-electron chi connectivity index (χ2n) is 4.54. The van der Waals surface area contributed by atoms with Gasteiger partial charge in [0.1, 0.15) is 18.5 Å². The molecular formula is C16H15N3O2S. The Morgan fingerprint density at radius 2 is 2.00 bits per heavy atom. The van der Waals surface area contributed by atoms with Crippen LogP contribution in [0, 0.1) is 0 Å². The van der Waals surface area contributed by atoms with E-state index in [9.17, 15) is 0 Å². The van der Waals surface area contributed by atoms with Gasteiger partial charge < -0.3 is 9.47 Å². The Morgan fingerprint density at radius 1 is 1.09 bits per heavy atom. The molecule has 2 heterocycles. The normalized spacial score (nSPS) is 10.6. The first-order valence-electron chi connectivity index (χ1n) is 6.71. The van der Waals surface area contributed by atoms with Crippen LogP contribution in [0.4, 0.5) is 0 Å². The summed E-state index contributed by atoms with van der Waals surface area (Å²) in [5, 5.41) is 0.787.